The molecule has 0 bridgehead atoms. The van der Waals surface area contributed by atoms with Crippen LogP contribution in [0.5, 0.6) is 5.75 Å². The Hall–Kier alpha value is -2.31. The number of hydrogen-bond acceptors (Lipinski definition) is 4. The van der Waals surface area contributed by atoms with Crippen molar-refractivity contribution in [2.75, 3.05) is 19.6 Å². The van der Waals surface area contributed by atoms with Crippen LogP contribution in [0.15, 0.2) is 42.5 Å². The molecule has 6 heteroatoms. The van der Waals surface area contributed by atoms with E-state index in [4.69, 9.17) is 0 Å². The van der Waals surface area contributed by atoms with Crippen molar-refractivity contribution >= 4 is 5.78 Å². The summed E-state index contributed by atoms with van der Waals surface area (Å²) in [4.78, 5) is 14.5. The maximum Gasteiger partial charge on any atom is 0.176 e. The summed E-state index contributed by atoms with van der Waals surface area (Å²) in [6.45, 7) is 1.63. The van der Waals surface area contributed by atoms with Crippen LogP contribution in [-0.2, 0) is 5.60 Å². The van der Waals surface area contributed by atoms with Crippen molar-refractivity contribution in [1.82, 2.24) is 4.90 Å². The summed E-state index contributed by atoms with van der Waals surface area (Å²) < 4.78 is 27.0. The Morgan fingerprint density at radius 3 is 2.15 bits per heavy atom. The minimum Gasteiger partial charge on any atom is -0.508 e. The molecule has 1 saturated heterocycles. The van der Waals surface area contributed by atoms with Crippen LogP contribution in [-0.4, -0.2) is 40.5 Å². The van der Waals surface area contributed by atoms with E-state index < -0.39 is 17.2 Å². The maximum atomic E-state index is 13.5. The summed E-state index contributed by atoms with van der Waals surface area (Å²) in [7, 11) is 0. The zero-order valence-electron chi connectivity index (χ0n) is 14.7. The van der Waals surface area contributed by atoms with Crippen LogP contribution >= 0.6 is 0 Å². The number of carbonyl (C=O) groups excluding carboxylic acids is 1. The zero-order chi connectivity index (χ0) is 19.2. The molecule has 27 heavy (non-hydrogen) atoms. The second-order valence-corrected chi connectivity index (χ2v) is 7.78. The number of nitrogens with zero attached hydrogens (tertiary/aromatic N) is 1. The molecule has 4 nitrogen and oxygen atoms in total. The van der Waals surface area contributed by atoms with Gasteiger partial charge in [0.15, 0.2) is 5.78 Å². The predicted molar refractivity (Wildman–Crippen MR) is 95.3 cm³/mol. The number of aromatic hydroxyl groups is 1. The van der Waals surface area contributed by atoms with Gasteiger partial charge in [0, 0.05) is 24.7 Å². The topological polar surface area (TPSA) is 60.8 Å². The highest BCUT2D eigenvalue weighted by molar-refractivity contribution is 5.97. The van der Waals surface area contributed by atoms with Crippen LogP contribution in [0.1, 0.15) is 28.8 Å². The Labute approximate surface area is 156 Å². The van der Waals surface area contributed by atoms with E-state index in [9.17, 15) is 23.8 Å². The molecule has 0 aromatic heterocycles. The van der Waals surface area contributed by atoms with Crippen molar-refractivity contribution in [2.45, 2.75) is 18.4 Å². The molecule has 2 aromatic rings. The number of carbonyl (C=O) groups is 1. The molecule has 0 radical (unpaired) electrons. The number of phenolic OH excluding ortho intramolecular Hbond substituents is 1. The van der Waals surface area contributed by atoms with Gasteiger partial charge < -0.3 is 10.2 Å². The lowest BCUT2D eigenvalue weighted by Gasteiger charge is -2.26. The van der Waals surface area contributed by atoms with Crippen molar-refractivity contribution in [1.29, 1.82) is 0 Å². The standard InChI is InChI=1S/C21H21F2NO3/c22-17-5-16(6-18(23)7-17)21(27)8-14-10-24(11-15(14)9-21)12-20(26)13-1-3-19(25)4-2-13/h1-7,14-15,25,27H,8-12H2/t14-,15+,21-. The van der Waals surface area contributed by atoms with Crippen LogP contribution in [0.4, 0.5) is 8.78 Å². The minimum absolute atomic E-state index is 0.0163. The van der Waals surface area contributed by atoms with Crippen molar-refractivity contribution in [3.63, 3.8) is 0 Å². The van der Waals surface area contributed by atoms with Gasteiger partial charge in [-0.25, -0.2) is 8.78 Å². The lowest BCUT2D eigenvalue weighted by atomic mass is 9.90. The van der Waals surface area contributed by atoms with Gasteiger partial charge in [0.2, 0.25) is 0 Å². The Balaban J connectivity index is 1.40. The Morgan fingerprint density at radius 2 is 1.59 bits per heavy atom. The number of fused-ring (bicyclic) bond motifs is 1. The first-order valence-electron chi connectivity index (χ1n) is 9.06. The first-order valence-corrected chi connectivity index (χ1v) is 9.06. The summed E-state index contributed by atoms with van der Waals surface area (Å²) in [6.07, 6.45) is 0.870. The fourth-order valence-electron chi connectivity index (χ4n) is 4.58. The van der Waals surface area contributed by atoms with E-state index in [0.29, 0.717) is 37.1 Å². The van der Waals surface area contributed by atoms with Gasteiger partial charge in [0.25, 0.3) is 0 Å². The Bertz CT molecular complexity index is 834. The van der Waals surface area contributed by atoms with E-state index in [-0.39, 0.29) is 29.9 Å². The Morgan fingerprint density at radius 1 is 1.04 bits per heavy atom. The fourth-order valence-corrected chi connectivity index (χ4v) is 4.58. The molecule has 2 aromatic carbocycles. The number of phenols is 1. The van der Waals surface area contributed by atoms with Crippen LogP contribution in [0.3, 0.4) is 0 Å². The van der Waals surface area contributed by atoms with Gasteiger partial charge in [-0.1, -0.05) is 0 Å². The van der Waals surface area contributed by atoms with E-state index in [1.807, 2.05) is 0 Å². The molecule has 142 valence electrons. The molecule has 0 spiro atoms. The van der Waals surface area contributed by atoms with Crippen molar-refractivity contribution in [3.8, 4) is 5.75 Å². The molecule has 4 rings (SSSR count). The van der Waals surface area contributed by atoms with Gasteiger partial charge in [-0.2, -0.15) is 0 Å². The summed E-state index contributed by atoms with van der Waals surface area (Å²) in [5.41, 5.74) is -0.372. The number of likely N-dealkylation sites (tertiary alicyclic amines) is 1. The highest BCUT2D eigenvalue weighted by atomic mass is 19.1. The van der Waals surface area contributed by atoms with Gasteiger partial charge >= 0.3 is 0 Å². The molecular formula is C21H21F2NO3. The molecule has 0 unspecified atom stereocenters. The second kappa shape index (κ2) is 6.69. The molecule has 1 aliphatic heterocycles. The molecule has 0 amide bonds. The van der Waals surface area contributed by atoms with E-state index in [2.05, 4.69) is 4.90 Å². The third-order valence-corrected chi connectivity index (χ3v) is 5.81. The average molecular weight is 373 g/mol. The van der Waals surface area contributed by atoms with E-state index in [0.717, 1.165) is 6.07 Å². The first kappa shape index (κ1) is 18.1. The highest BCUT2D eigenvalue weighted by Crippen LogP contribution is 2.49. The first-order chi connectivity index (χ1) is 12.8. The lowest BCUT2D eigenvalue weighted by molar-refractivity contribution is 0.0309. The molecular weight excluding hydrogens is 352 g/mol. The predicted octanol–water partition coefficient (Wildman–Crippen LogP) is 3.08. The third kappa shape index (κ3) is 3.59. The van der Waals surface area contributed by atoms with Crippen LogP contribution in [0, 0.1) is 23.5 Å². The summed E-state index contributed by atoms with van der Waals surface area (Å²) in [6, 6.07) is 9.40. The summed E-state index contributed by atoms with van der Waals surface area (Å²) in [5, 5.41) is 20.3. The van der Waals surface area contributed by atoms with Gasteiger partial charge in [0.05, 0.1) is 12.1 Å². The minimum atomic E-state index is -1.22. The summed E-state index contributed by atoms with van der Waals surface area (Å²) in [5.74, 6) is -0.885. The van der Waals surface area contributed by atoms with Gasteiger partial charge in [-0.15, -0.1) is 0 Å². The second-order valence-electron chi connectivity index (χ2n) is 7.78. The van der Waals surface area contributed by atoms with Crippen molar-refractivity contribution in [3.05, 3.63) is 65.2 Å². The number of rotatable bonds is 4. The van der Waals surface area contributed by atoms with Gasteiger partial charge in [0.1, 0.15) is 17.4 Å². The Kier molecular flexibility index (Phi) is 4.48. The maximum absolute atomic E-state index is 13.5. The van der Waals surface area contributed by atoms with Gasteiger partial charge in [-0.3, -0.25) is 9.69 Å². The number of benzene rings is 2. The highest BCUT2D eigenvalue weighted by Gasteiger charge is 2.49. The van der Waals surface area contributed by atoms with Gasteiger partial charge in [-0.05, 0) is 66.6 Å². The number of aliphatic hydroxyl groups is 1. The fraction of sp³-hybridized carbons (Fsp3) is 0.381. The zero-order valence-corrected chi connectivity index (χ0v) is 14.7. The van der Waals surface area contributed by atoms with Crippen LogP contribution in [0.2, 0.25) is 0 Å². The molecule has 1 aliphatic carbocycles. The number of Topliss-reactive ketones (excluding diaryl/α,β-unsaturated/α-hetero) is 1. The molecule has 3 atom stereocenters. The van der Waals surface area contributed by atoms with E-state index >= 15 is 0 Å². The number of hydrogen-bond donors (Lipinski definition) is 2. The van der Waals surface area contributed by atoms with Crippen LogP contribution < -0.4 is 0 Å². The molecule has 2 fully saturated rings. The monoisotopic (exact) mass is 373 g/mol. The quantitative estimate of drug-likeness (QED) is 0.809. The normalized spacial score (nSPS) is 27.7. The largest absolute Gasteiger partial charge is 0.508 e. The molecule has 1 heterocycles. The SMILES string of the molecule is O=C(CN1C[C@@H]2C[C@@](O)(c3cc(F)cc(F)c3)C[C@@H]2C1)c1ccc(O)cc1. The summed E-state index contributed by atoms with van der Waals surface area (Å²) >= 11 is 0. The van der Waals surface area contributed by atoms with E-state index in [1.54, 1.807) is 12.1 Å². The third-order valence-electron chi connectivity index (χ3n) is 5.81. The van der Waals surface area contributed by atoms with Crippen molar-refractivity contribution < 1.29 is 23.8 Å². The molecule has 1 saturated carbocycles. The molecule has 2 aliphatic rings. The average Bonchev–Trinajstić information content (AvgIpc) is 3.09. The van der Waals surface area contributed by atoms with E-state index in [1.165, 1.54) is 24.3 Å². The van der Waals surface area contributed by atoms with Crippen molar-refractivity contribution in [2.24, 2.45) is 11.8 Å². The lowest BCUT2D eigenvalue weighted by Crippen LogP contribution is -2.31. The molecule has 2 N–H and O–H groups in total. The van der Waals surface area contributed by atoms with Crippen LogP contribution in [0.25, 0.3) is 0 Å². The number of halogens is 2. The smallest absolute Gasteiger partial charge is 0.176 e. The number of ketones is 1.